The van der Waals surface area contributed by atoms with Crippen LogP contribution in [0.1, 0.15) is 16.8 Å². The molecule has 0 amide bonds. The topological polar surface area (TPSA) is 12.9 Å². The molecule has 2 aromatic carbocycles. The molecule has 0 atom stereocenters. The van der Waals surface area contributed by atoms with E-state index in [1.165, 1.54) is 5.56 Å². The Morgan fingerprint density at radius 3 is 2.27 bits per heavy atom. The molecule has 0 aliphatic carbocycles. The predicted octanol–water partition coefficient (Wildman–Crippen LogP) is 5.41. The number of halogens is 1. The summed E-state index contributed by atoms with van der Waals surface area (Å²) in [6.45, 7) is 0. The summed E-state index contributed by atoms with van der Waals surface area (Å²) in [5.41, 5.74) is 4.51. The number of pyridine rings is 1. The van der Waals surface area contributed by atoms with Crippen LogP contribution >= 0.6 is 11.6 Å². The van der Waals surface area contributed by atoms with Gasteiger partial charge in [0.2, 0.25) is 0 Å². The van der Waals surface area contributed by atoms with Crippen LogP contribution in [0.4, 0.5) is 0 Å². The molecule has 0 fully saturated rings. The maximum atomic E-state index is 6.00. The molecule has 0 saturated heterocycles. The molecule has 0 unspecified atom stereocenters. The monoisotopic (exact) mass is 305 g/mol. The van der Waals surface area contributed by atoms with Gasteiger partial charge in [0.05, 0.1) is 5.69 Å². The summed E-state index contributed by atoms with van der Waals surface area (Å²) in [4.78, 5) is 4.49. The van der Waals surface area contributed by atoms with Crippen molar-refractivity contribution in [2.45, 2.75) is 6.42 Å². The lowest BCUT2D eigenvalue weighted by atomic mass is 9.99. The second kappa shape index (κ2) is 7.06. The first-order chi connectivity index (χ1) is 10.8. The number of allylic oxidation sites excluding steroid dienone is 1. The highest BCUT2D eigenvalue weighted by molar-refractivity contribution is 6.30. The number of hydrogen-bond acceptors (Lipinski definition) is 1. The van der Waals surface area contributed by atoms with Crippen LogP contribution in [0.25, 0.3) is 5.57 Å². The zero-order chi connectivity index (χ0) is 15.2. The summed E-state index contributed by atoms with van der Waals surface area (Å²) < 4.78 is 0. The van der Waals surface area contributed by atoms with E-state index < -0.39 is 0 Å². The van der Waals surface area contributed by atoms with Gasteiger partial charge < -0.3 is 0 Å². The van der Waals surface area contributed by atoms with E-state index in [-0.39, 0.29) is 0 Å². The fraction of sp³-hybridized carbons (Fsp3) is 0.0500. The number of rotatable bonds is 4. The van der Waals surface area contributed by atoms with Crippen molar-refractivity contribution in [1.82, 2.24) is 4.98 Å². The van der Waals surface area contributed by atoms with E-state index in [0.717, 1.165) is 28.3 Å². The van der Waals surface area contributed by atoms with Gasteiger partial charge in [0.1, 0.15) is 0 Å². The molecule has 2 heteroatoms. The van der Waals surface area contributed by atoms with Crippen LogP contribution in [0.15, 0.2) is 85.1 Å². The summed E-state index contributed by atoms with van der Waals surface area (Å²) >= 11 is 6.00. The van der Waals surface area contributed by atoms with E-state index in [9.17, 15) is 0 Å². The highest BCUT2D eigenvalue weighted by Crippen LogP contribution is 2.24. The van der Waals surface area contributed by atoms with Crippen molar-refractivity contribution in [2.24, 2.45) is 0 Å². The Morgan fingerprint density at radius 1 is 0.864 bits per heavy atom. The van der Waals surface area contributed by atoms with Crippen LogP contribution in [-0.2, 0) is 6.42 Å². The van der Waals surface area contributed by atoms with E-state index >= 15 is 0 Å². The fourth-order valence-electron chi connectivity index (χ4n) is 2.36. The predicted molar refractivity (Wildman–Crippen MR) is 92.9 cm³/mol. The van der Waals surface area contributed by atoms with Gasteiger partial charge in [-0.1, -0.05) is 66.2 Å². The van der Waals surface area contributed by atoms with E-state index in [4.69, 9.17) is 11.6 Å². The normalized spacial score (nSPS) is 11.4. The Hall–Kier alpha value is -2.38. The minimum atomic E-state index is 0.743. The average Bonchev–Trinajstić information content (AvgIpc) is 2.58. The van der Waals surface area contributed by atoms with Crippen molar-refractivity contribution in [3.8, 4) is 0 Å². The first kappa shape index (κ1) is 14.6. The standard InChI is InChI=1S/C20H16ClN/c21-18-12-10-17(11-13-18)19(20-8-4-5-15-22-20)14-9-16-6-2-1-3-7-16/h1-8,10-15H,9H2/b19-14-. The zero-order valence-corrected chi connectivity index (χ0v) is 12.9. The second-order valence-corrected chi connectivity index (χ2v) is 5.47. The van der Waals surface area contributed by atoms with Crippen LogP contribution in [0.2, 0.25) is 5.02 Å². The highest BCUT2D eigenvalue weighted by atomic mass is 35.5. The van der Waals surface area contributed by atoms with Crippen molar-refractivity contribution in [1.29, 1.82) is 0 Å². The third-order valence-electron chi connectivity index (χ3n) is 3.48. The molecular formula is C20H16ClN. The van der Waals surface area contributed by atoms with Gasteiger partial charge in [-0.15, -0.1) is 0 Å². The minimum absolute atomic E-state index is 0.743. The molecule has 0 bridgehead atoms. The molecule has 0 spiro atoms. The van der Waals surface area contributed by atoms with E-state index in [0.29, 0.717) is 0 Å². The Balaban J connectivity index is 1.98. The maximum absolute atomic E-state index is 6.00. The largest absolute Gasteiger partial charge is 0.256 e. The van der Waals surface area contributed by atoms with Crippen molar-refractivity contribution >= 4 is 17.2 Å². The van der Waals surface area contributed by atoms with Crippen LogP contribution in [0.5, 0.6) is 0 Å². The number of aromatic nitrogens is 1. The molecule has 0 radical (unpaired) electrons. The van der Waals surface area contributed by atoms with Crippen LogP contribution in [-0.4, -0.2) is 4.98 Å². The van der Waals surface area contributed by atoms with Crippen molar-refractivity contribution < 1.29 is 0 Å². The van der Waals surface area contributed by atoms with Gasteiger partial charge in [-0.05, 0) is 41.8 Å². The fourth-order valence-corrected chi connectivity index (χ4v) is 2.48. The lowest BCUT2D eigenvalue weighted by Gasteiger charge is -2.08. The second-order valence-electron chi connectivity index (χ2n) is 5.03. The number of benzene rings is 2. The minimum Gasteiger partial charge on any atom is -0.256 e. The first-order valence-corrected chi connectivity index (χ1v) is 7.62. The molecule has 108 valence electrons. The third kappa shape index (κ3) is 3.63. The van der Waals surface area contributed by atoms with Gasteiger partial charge in [-0.25, -0.2) is 0 Å². The van der Waals surface area contributed by atoms with Gasteiger partial charge in [0, 0.05) is 16.8 Å². The molecule has 0 N–H and O–H groups in total. The van der Waals surface area contributed by atoms with Crippen LogP contribution < -0.4 is 0 Å². The molecule has 0 aliphatic heterocycles. The van der Waals surface area contributed by atoms with E-state index in [1.807, 2.05) is 54.7 Å². The van der Waals surface area contributed by atoms with Gasteiger partial charge in [-0.2, -0.15) is 0 Å². The SMILES string of the molecule is Clc1ccc(/C(=C/Cc2ccccc2)c2ccccn2)cc1. The molecular weight excluding hydrogens is 290 g/mol. The van der Waals surface area contributed by atoms with Crippen molar-refractivity contribution in [3.63, 3.8) is 0 Å². The van der Waals surface area contributed by atoms with E-state index in [1.54, 1.807) is 0 Å². The summed E-state index contributed by atoms with van der Waals surface area (Å²) in [6.07, 6.45) is 4.91. The van der Waals surface area contributed by atoms with E-state index in [2.05, 4.69) is 35.3 Å². The van der Waals surface area contributed by atoms with Crippen molar-refractivity contribution in [3.05, 3.63) is 107 Å². The van der Waals surface area contributed by atoms with Crippen molar-refractivity contribution in [2.75, 3.05) is 0 Å². The summed E-state index contributed by atoms with van der Waals surface area (Å²) in [6, 6.07) is 24.3. The Bertz CT molecular complexity index is 747. The molecule has 0 aliphatic rings. The molecule has 1 aromatic heterocycles. The maximum Gasteiger partial charge on any atom is 0.0704 e. The Morgan fingerprint density at radius 2 is 1.59 bits per heavy atom. The van der Waals surface area contributed by atoms with Crippen LogP contribution in [0, 0.1) is 0 Å². The average molecular weight is 306 g/mol. The quantitative estimate of drug-likeness (QED) is 0.628. The molecule has 22 heavy (non-hydrogen) atoms. The van der Waals surface area contributed by atoms with Gasteiger partial charge >= 0.3 is 0 Å². The summed E-state index contributed by atoms with van der Waals surface area (Å²) in [5.74, 6) is 0. The first-order valence-electron chi connectivity index (χ1n) is 7.24. The molecule has 0 saturated carbocycles. The number of hydrogen-bond donors (Lipinski definition) is 0. The Labute approximate surface area is 135 Å². The summed E-state index contributed by atoms with van der Waals surface area (Å²) in [5, 5.41) is 0.743. The molecule has 3 aromatic rings. The highest BCUT2D eigenvalue weighted by Gasteiger charge is 2.06. The Kier molecular flexibility index (Phi) is 4.67. The lowest BCUT2D eigenvalue weighted by Crippen LogP contribution is -1.92. The van der Waals surface area contributed by atoms with Gasteiger partial charge in [0.15, 0.2) is 0 Å². The molecule has 1 nitrogen and oxygen atoms in total. The van der Waals surface area contributed by atoms with Gasteiger partial charge in [-0.3, -0.25) is 4.98 Å². The molecule has 1 heterocycles. The molecule has 3 rings (SSSR count). The third-order valence-corrected chi connectivity index (χ3v) is 3.73. The smallest absolute Gasteiger partial charge is 0.0704 e. The summed E-state index contributed by atoms with van der Waals surface area (Å²) in [7, 11) is 0. The number of nitrogens with zero attached hydrogens (tertiary/aromatic N) is 1. The van der Waals surface area contributed by atoms with Crippen LogP contribution in [0.3, 0.4) is 0 Å². The zero-order valence-electron chi connectivity index (χ0n) is 12.1. The van der Waals surface area contributed by atoms with Gasteiger partial charge in [0.25, 0.3) is 0 Å². The lowest BCUT2D eigenvalue weighted by molar-refractivity contribution is 1.23.